The van der Waals surface area contributed by atoms with Crippen LogP contribution in [0.5, 0.6) is 0 Å². The first-order valence-electron chi connectivity index (χ1n) is 7.25. The van der Waals surface area contributed by atoms with Crippen LogP contribution in [0.25, 0.3) is 10.9 Å². The van der Waals surface area contributed by atoms with Crippen LogP contribution in [0, 0.1) is 27.7 Å². The minimum Gasteiger partial charge on any atom is -0.354 e. The number of anilines is 2. The maximum atomic E-state index is 4.71. The van der Waals surface area contributed by atoms with Gasteiger partial charge in [-0.05, 0) is 68.7 Å². The van der Waals surface area contributed by atoms with Crippen molar-refractivity contribution in [2.45, 2.75) is 27.7 Å². The highest BCUT2D eigenvalue weighted by Crippen LogP contribution is 2.28. The summed E-state index contributed by atoms with van der Waals surface area (Å²) in [7, 11) is 0. The number of aryl methyl sites for hydroxylation is 4. The summed E-state index contributed by atoms with van der Waals surface area (Å²) >= 11 is 0. The summed E-state index contributed by atoms with van der Waals surface area (Å²) in [6.45, 7) is 8.42. The second-order valence-electron chi connectivity index (χ2n) is 5.78. The molecule has 106 valence electrons. The predicted octanol–water partition coefficient (Wildman–Crippen LogP) is 5.21. The average Bonchev–Trinajstić information content (AvgIpc) is 2.38. The molecule has 0 aliphatic rings. The lowest BCUT2D eigenvalue weighted by Gasteiger charge is -2.12. The molecule has 0 aliphatic carbocycles. The van der Waals surface area contributed by atoms with Gasteiger partial charge in [-0.25, -0.2) is 0 Å². The van der Waals surface area contributed by atoms with Gasteiger partial charge in [0, 0.05) is 16.8 Å². The van der Waals surface area contributed by atoms with E-state index in [1.165, 1.54) is 22.1 Å². The van der Waals surface area contributed by atoms with Crippen LogP contribution in [-0.4, -0.2) is 4.98 Å². The molecule has 2 nitrogen and oxygen atoms in total. The van der Waals surface area contributed by atoms with Gasteiger partial charge in [0.15, 0.2) is 0 Å². The molecule has 0 atom stereocenters. The van der Waals surface area contributed by atoms with E-state index in [2.05, 4.69) is 68.6 Å². The summed E-state index contributed by atoms with van der Waals surface area (Å²) in [5, 5.41) is 4.72. The Morgan fingerprint density at radius 2 is 1.57 bits per heavy atom. The Balaban J connectivity index is 2.12. The lowest BCUT2D eigenvalue weighted by Crippen LogP contribution is -1.96. The van der Waals surface area contributed by atoms with Crippen LogP contribution >= 0.6 is 0 Å². The second-order valence-corrected chi connectivity index (χ2v) is 5.78. The van der Waals surface area contributed by atoms with Crippen molar-refractivity contribution < 1.29 is 0 Å². The summed E-state index contributed by atoms with van der Waals surface area (Å²) in [5.41, 5.74) is 8.05. The van der Waals surface area contributed by atoms with Crippen molar-refractivity contribution >= 4 is 22.3 Å². The van der Waals surface area contributed by atoms with E-state index >= 15 is 0 Å². The molecule has 2 aromatic carbocycles. The molecule has 0 saturated carbocycles. The van der Waals surface area contributed by atoms with Crippen molar-refractivity contribution in [3.05, 3.63) is 64.8 Å². The first-order valence-corrected chi connectivity index (χ1v) is 7.25. The predicted molar refractivity (Wildman–Crippen MR) is 90.4 cm³/mol. The van der Waals surface area contributed by atoms with Crippen LogP contribution in [-0.2, 0) is 0 Å². The number of para-hydroxylation sites is 1. The van der Waals surface area contributed by atoms with Crippen LogP contribution in [0.1, 0.15) is 22.4 Å². The molecule has 3 rings (SSSR count). The van der Waals surface area contributed by atoms with Crippen molar-refractivity contribution in [2.24, 2.45) is 0 Å². The summed E-state index contributed by atoms with van der Waals surface area (Å²) in [6, 6.07) is 14.9. The molecule has 0 aliphatic heterocycles. The van der Waals surface area contributed by atoms with Gasteiger partial charge in [0.25, 0.3) is 0 Å². The molecule has 2 heteroatoms. The Morgan fingerprint density at radius 3 is 2.29 bits per heavy atom. The molecule has 1 aromatic heterocycles. The number of hydrogen-bond donors (Lipinski definition) is 1. The molecule has 1 N–H and O–H groups in total. The summed E-state index contributed by atoms with van der Waals surface area (Å²) in [5.74, 6) is 0. The maximum Gasteiger partial charge on any atom is 0.0942 e. The fourth-order valence-electron chi connectivity index (χ4n) is 2.89. The van der Waals surface area contributed by atoms with Gasteiger partial charge in [0.05, 0.1) is 11.2 Å². The van der Waals surface area contributed by atoms with E-state index in [9.17, 15) is 0 Å². The highest BCUT2D eigenvalue weighted by Gasteiger charge is 2.06. The average molecular weight is 276 g/mol. The third-order valence-electron chi connectivity index (χ3n) is 3.68. The Bertz CT molecular complexity index is 799. The first-order chi connectivity index (χ1) is 10.0. The fourth-order valence-corrected chi connectivity index (χ4v) is 2.89. The smallest absolute Gasteiger partial charge is 0.0942 e. The summed E-state index contributed by atoms with van der Waals surface area (Å²) < 4.78 is 0. The summed E-state index contributed by atoms with van der Waals surface area (Å²) in [4.78, 5) is 4.71. The van der Waals surface area contributed by atoms with Gasteiger partial charge in [-0.1, -0.05) is 18.2 Å². The lowest BCUT2D eigenvalue weighted by atomic mass is 10.1. The van der Waals surface area contributed by atoms with Gasteiger partial charge >= 0.3 is 0 Å². The van der Waals surface area contributed by atoms with Crippen LogP contribution in [0.2, 0.25) is 0 Å². The minimum atomic E-state index is 1.04. The highest BCUT2D eigenvalue weighted by molar-refractivity contribution is 5.94. The van der Waals surface area contributed by atoms with Gasteiger partial charge in [-0.2, -0.15) is 0 Å². The molecule has 0 bridgehead atoms. The van der Waals surface area contributed by atoms with E-state index < -0.39 is 0 Å². The summed E-state index contributed by atoms with van der Waals surface area (Å²) in [6.07, 6.45) is 0. The van der Waals surface area contributed by atoms with Crippen molar-refractivity contribution in [1.29, 1.82) is 0 Å². The maximum absolute atomic E-state index is 4.71. The van der Waals surface area contributed by atoms with Gasteiger partial charge < -0.3 is 5.32 Å². The van der Waals surface area contributed by atoms with Crippen LogP contribution in [0.3, 0.4) is 0 Å². The van der Waals surface area contributed by atoms with Crippen LogP contribution < -0.4 is 5.32 Å². The standard InChI is InChI=1S/C19H20N2/c1-12-8-13(2)10-16(9-12)21-18-7-5-6-17-14(3)11-15(4)20-19(17)18/h5-11,21H,1-4H3. The molecular formula is C19H20N2. The van der Waals surface area contributed by atoms with Gasteiger partial charge in [0.1, 0.15) is 0 Å². The van der Waals surface area contributed by atoms with Crippen molar-refractivity contribution in [3.8, 4) is 0 Å². The Labute approximate surface area is 125 Å². The van der Waals surface area contributed by atoms with Gasteiger partial charge in [-0.15, -0.1) is 0 Å². The highest BCUT2D eigenvalue weighted by atomic mass is 14.9. The third kappa shape index (κ3) is 2.75. The molecule has 0 radical (unpaired) electrons. The van der Waals surface area contributed by atoms with Crippen molar-refractivity contribution in [2.75, 3.05) is 5.32 Å². The number of pyridine rings is 1. The van der Waals surface area contributed by atoms with E-state index in [1.54, 1.807) is 0 Å². The van der Waals surface area contributed by atoms with E-state index in [1.807, 2.05) is 6.92 Å². The van der Waals surface area contributed by atoms with E-state index in [0.717, 1.165) is 22.6 Å². The van der Waals surface area contributed by atoms with E-state index in [0.29, 0.717) is 0 Å². The quantitative estimate of drug-likeness (QED) is 0.694. The number of nitrogens with zero attached hydrogens (tertiary/aromatic N) is 1. The zero-order valence-electron chi connectivity index (χ0n) is 13.0. The number of fused-ring (bicyclic) bond motifs is 1. The zero-order valence-corrected chi connectivity index (χ0v) is 13.0. The van der Waals surface area contributed by atoms with Gasteiger partial charge in [0.2, 0.25) is 0 Å². The Kier molecular flexibility index (Phi) is 3.38. The number of rotatable bonds is 2. The minimum absolute atomic E-state index is 1.04. The number of benzene rings is 2. The molecular weight excluding hydrogens is 256 g/mol. The molecule has 0 fully saturated rings. The SMILES string of the molecule is Cc1cc(C)cc(Nc2cccc3c(C)cc(C)nc23)c1. The van der Waals surface area contributed by atoms with E-state index in [4.69, 9.17) is 4.98 Å². The third-order valence-corrected chi connectivity index (χ3v) is 3.68. The molecule has 1 heterocycles. The second kappa shape index (κ2) is 5.21. The molecule has 0 spiro atoms. The monoisotopic (exact) mass is 276 g/mol. The number of nitrogens with one attached hydrogen (secondary N) is 1. The molecule has 3 aromatic rings. The fraction of sp³-hybridized carbons (Fsp3) is 0.211. The Morgan fingerprint density at radius 1 is 0.857 bits per heavy atom. The largest absolute Gasteiger partial charge is 0.354 e. The molecule has 0 unspecified atom stereocenters. The van der Waals surface area contributed by atoms with Crippen LogP contribution in [0.4, 0.5) is 11.4 Å². The first kappa shape index (κ1) is 13.6. The molecule has 0 saturated heterocycles. The molecule has 0 amide bonds. The number of aromatic nitrogens is 1. The van der Waals surface area contributed by atoms with Gasteiger partial charge in [-0.3, -0.25) is 4.98 Å². The number of hydrogen-bond acceptors (Lipinski definition) is 2. The van der Waals surface area contributed by atoms with E-state index in [-0.39, 0.29) is 0 Å². The zero-order chi connectivity index (χ0) is 15.0. The Hall–Kier alpha value is -2.35. The van der Waals surface area contributed by atoms with Crippen molar-refractivity contribution in [3.63, 3.8) is 0 Å². The normalized spacial score (nSPS) is 10.9. The topological polar surface area (TPSA) is 24.9 Å². The molecule has 21 heavy (non-hydrogen) atoms. The van der Waals surface area contributed by atoms with Crippen molar-refractivity contribution in [1.82, 2.24) is 4.98 Å². The lowest BCUT2D eigenvalue weighted by molar-refractivity contribution is 1.23. The van der Waals surface area contributed by atoms with Crippen LogP contribution in [0.15, 0.2) is 42.5 Å².